The predicted octanol–water partition coefficient (Wildman–Crippen LogP) is 3.73. The summed E-state index contributed by atoms with van der Waals surface area (Å²) in [6.45, 7) is 5.18. The fourth-order valence-electron chi connectivity index (χ4n) is 3.06. The lowest BCUT2D eigenvalue weighted by molar-refractivity contribution is 0.0730. The second-order valence-electron chi connectivity index (χ2n) is 7.27. The van der Waals surface area contributed by atoms with Crippen LogP contribution in [0.25, 0.3) is 0 Å². The normalized spacial score (nSPS) is 15.1. The zero-order chi connectivity index (χ0) is 22.6. The highest BCUT2D eigenvalue weighted by molar-refractivity contribution is 7.89. The van der Waals surface area contributed by atoms with Crippen LogP contribution >= 0.6 is 23.2 Å². The van der Waals surface area contributed by atoms with Gasteiger partial charge in [-0.25, -0.2) is 8.42 Å². The molecule has 0 saturated carbocycles. The summed E-state index contributed by atoms with van der Waals surface area (Å²) in [7, 11) is -3.88. The number of hydrogen-bond donors (Lipinski definition) is 1. The highest BCUT2D eigenvalue weighted by atomic mass is 35.5. The zero-order valence-electron chi connectivity index (χ0n) is 17.2. The molecule has 0 unspecified atom stereocenters. The van der Waals surface area contributed by atoms with E-state index in [0.29, 0.717) is 13.2 Å². The van der Waals surface area contributed by atoms with Gasteiger partial charge >= 0.3 is 0 Å². The molecule has 10 heteroatoms. The van der Waals surface area contributed by atoms with Gasteiger partial charge in [0.2, 0.25) is 10.0 Å². The van der Waals surface area contributed by atoms with Crippen molar-refractivity contribution in [2.75, 3.05) is 26.3 Å². The first kappa shape index (κ1) is 23.8. The molecule has 0 aromatic heterocycles. The molecule has 1 aliphatic rings. The Morgan fingerprint density at radius 2 is 1.77 bits per heavy atom. The van der Waals surface area contributed by atoms with Crippen molar-refractivity contribution >= 4 is 39.1 Å². The molecular formula is C21H24Cl2N2O5S. The minimum Gasteiger partial charge on any atom is -0.491 e. The van der Waals surface area contributed by atoms with E-state index >= 15 is 0 Å². The molecule has 31 heavy (non-hydrogen) atoms. The maximum atomic E-state index is 13.0. The lowest BCUT2D eigenvalue weighted by Gasteiger charge is -2.26. The van der Waals surface area contributed by atoms with Gasteiger partial charge in [0.05, 0.1) is 34.9 Å². The van der Waals surface area contributed by atoms with Crippen LogP contribution in [0.3, 0.4) is 0 Å². The molecule has 1 N–H and O–H groups in total. The van der Waals surface area contributed by atoms with E-state index in [0.717, 1.165) is 11.3 Å². The highest BCUT2D eigenvalue weighted by Gasteiger charge is 2.30. The van der Waals surface area contributed by atoms with Crippen molar-refractivity contribution in [3.63, 3.8) is 0 Å². The number of nitrogens with one attached hydrogen (secondary N) is 1. The molecule has 1 fully saturated rings. The number of halogens is 2. The molecule has 168 valence electrons. The van der Waals surface area contributed by atoms with Gasteiger partial charge in [-0.1, -0.05) is 35.3 Å². The Morgan fingerprint density at radius 1 is 1.13 bits per heavy atom. The van der Waals surface area contributed by atoms with Gasteiger partial charge in [0.15, 0.2) is 0 Å². The SMILES string of the molecule is CC(C)Oc1ccc(CNC(=O)c2cc(S(=O)(=O)N3CCOCC3)c(Cl)cc2Cl)cc1. The first-order valence-corrected chi connectivity index (χ1v) is 12.0. The van der Waals surface area contributed by atoms with Gasteiger partial charge in [0, 0.05) is 19.6 Å². The van der Waals surface area contributed by atoms with Gasteiger partial charge in [-0.15, -0.1) is 0 Å². The number of sulfonamides is 1. The van der Waals surface area contributed by atoms with Crippen molar-refractivity contribution in [1.82, 2.24) is 9.62 Å². The number of carbonyl (C=O) groups excluding carboxylic acids is 1. The van der Waals surface area contributed by atoms with Crippen LogP contribution in [0.2, 0.25) is 10.0 Å². The van der Waals surface area contributed by atoms with Gasteiger partial charge in [-0.05, 0) is 43.7 Å². The van der Waals surface area contributed by atoms with Crippen molar-refractivity contribution in [3.05, 3.63) is 57.6 Å². The summed E-state index contributed by atoms with van der Waals surface area (Å²) in [6.07, 6.45) is 0.0699. The molecule has 3 rings (SSSR count). The topological polar surface area (TPSA) is 84.9 Å². The molecule has 0 bridgehead atoms. The fourth-order valence-corrected chi connectivity index (χ4v) is 5.30. The molecule has 2 aromatic rings. The Bertz CT molecular complexity index is 1040. The fraction of sp³-hybridized carbons (Fsp3) is 0.381. The Kier molecular flexibility index (Phi) is 7.82. The van der Waals surface area contributed by atoms with E-state index in [1.807, 2.05) is 38.1 Å². The third-order valence-corrected chi connectivity index (χ3v) is 7.28. The largest absolute Gasteiger partial charge is 0.491 e. The predicted molar refractivity (Wildman–Crippen MR) is 119 cm³/mol. The molecule has 1 saturated heterocycles. The van der Waals surface area contributed by atoms with Crippen LogP contribution < -0.4 is 10.1 Å². The van der Waals surface area contributed by atoms with Gasteiger partial charge in [-0.2, -0.15) is 4.31 Å². The Labute approximate surface area is 192 Å². The minimum absolute atomic E-state index is 0.0335. The molecule has 1 amide bonds. The molecule has 0 aliphatic carbocycles. The van der Waals surface area contributed by atoms with Gasteiger partial charge in [0.25, 0.3) is 5.91 Å². The number of hydrogen-bond acceptors (Lipinski definition) is 5. The van der Waals surface area contributed by atoms with Crippen LogP contribution in [0.15, 0.2) is 41.3 Å². The zero-order valence-corrected chi connectivity index (χ0v) is 19.6. The van der Waals surface area contributed by atoms with Gasteiger partial charge < -0.3 is 14.8 Å². The second kappa shape index (κ2) is 10.2. The number of amides is 1. The van der Waals surface area contributed by atoms with Crippen molar-refractivity contribution in [3.8, 4) is 5.75 Å². The number of rotatable bonds is 7. The summed E-state index contributed by atoms with van der Waals surface area (Å²) in [5, 5.41) is 2.80. The summed E-state index contributed by atoms with van der Waals surface area (Å²) in [4.78, 5) is 12.6. The maximum Gasteiger partial charge on any atom is 0.253 e. The average molecular weight is 487 g/mol. The van der Waals surface area contributed by atoms with E-state index in [-0.39, 0.29) is 46.2 Å². The number of carbonyl (C=O) groups is 1. The van der Waals surface area contributed by atoms with Gasteiger partial charge in [-0.3, -0.25) is 4.79 Å². The smallest absolute Gasteiger partial charge is 0.253 e. The molecule has 2 aromatic carbocycles. The molecule has 1 heterocycles. The quantitative estimate of drug-likeness (QED) is 0.644. The average Bonchev–Trinajstić information content (AvgIpc) is 2.73. The van der Waals surface area contributed by atoms with Crippen molar-refractivity contribution < 1.29 is 22.7 Å². The summed E-state index contributed by atoms with van der Waals surface area (Å²) < 4.78 is 38.1. The van der Waals surface area contributed by atoms with Crippen LogP contribution in [0.4, 0.5) is 0 Å². The highest BCUT2D eigenvalue weighted by Crippen LogP contribution is 2.31. The summed E-state index contributed by atoms with van der Waals surface area (Å²) in [5.41, 5.74) is 0.897. The first-order valence-electron chi connectivity index (χ1n) is 9.79. The molecule has 7 nitrogen and oxygen atoms in total. The van der Waals surface area contributed by atoms with E-state index in [4.69, 9.17) is 32.7 Å². The Morgan fingerprint density at radius 3 is 2.39 bits per heavy atom. The monoisotopic (exact) mass is 486 g/mol. The standard InChI is InChI=1S/C21H24Cl2N2O5S/c1-14(2)30-16-5-3-15(4-6-16)13-24-21(26)17-11-20(19(23)12-18(17)22)31(27,28)25-7-9-29-10-8-25/h3-6,11-12,14H,7-10,13H2,1-2H3,(H,24,26). The van der Waals surface area contributed by atoms with Crippen LogP contribution in [-0.2, 0) is 21.3 Å². The molecule has 1 aliphatic heterocycles. The second-order valence-corrected chi connectivity index (χ2v) is 9.99. The lowest BCUT2D eigenvalue weighted by atomic mass is 10.2. The minimum atomic E-state index is -3.88. The molecule has 0 radical (unpaired) electrons. The first-order chi connectivity index (χ1) is 14.7. The van der Waals surface area contributed by atoms with Crippen molar-refractivity contribution in [2.24, 2.45) is 0 Å². The van der Waals surface area contributed by atoms with E-state index in [1.165, 1.54) is 16.4 Å². The van der Waals surface area contributed by atoms with Crippen molar-refractivity contribution in [1.29, 1.82) is 0 Å². The number of ether oxygens (including phenoxy) is 2. The number of benzene rings is 2. The van der Waals surface area contributed by atoms with Crippen LogP contribution in [0, 0.1) is 0 Å². The van der Waals surface area contributed by atoms with Crippen LogP contribution in [-0.4, -0.2) is 51.0 Å². The van der Waals surface area contributed by atoms with Crippen LogP contribution in [0.1, 0.15) is 29.8 Å². The molecule has 0 spiro atoms. The van der Waals surface area contributed by atoms with E-state index in [9.17, 15) is 13.2 Å². The lowest BCUT2D eigenvalue weighted by Crippen LogP contribution is -2.40. The number of nitrogens with zero attached hydrogens (tertiary/aromatic N) is 1. The summed E-state index contributed by atoms with van der Waals surface area (Å²) in [6, 6.07) is 9.84. The molecular weight excluding hydrogens is 463 g/mol. The third kappa shape index (κ3) is 5.90. The van der Waals surface area contributed by atoms with Gasteiger partial charge in [0.1, 0.15) is 10.6 Å². The summed E-state index contributed by atoms with van der Waals surface area (Å²) >= 11 is 12.4. The molecule has 0 atom stereocenters. The van der Waals surface area contributed by atoms with Crippen molar-refractivity contribution in [2.45, 2.75) is 31.4 Å². The third-order valence-electron chi connectivity index (χ3n) is 4.60. The van der Waals surface area contributed by atoms with E-state index in [1.54, 1.807) is 0 Å². The number of morpholine rings is 1. The maximum absolute atomic E-state index is 13.0. The summed E-state index contributed by atoms with van der Waals surface area (Å²) in [5.74, 6) is 0.242. The van der Waals surface area contributed by atoms with E-state index < -0.39 is 15.9 Å². The Hall–Kier alpha value is -1.84. The van der Waals surface area contributed by atoms with Crippen LogP contribution in [0.5, 0.6) is 5.75 Å². The van der Waals surface area contributed by atoms with E-state index in [2.05, 4.69) is 5.32 Å². The Balaban J connectivity index is 1.76.